The summed E-state index contributed by atoms with van der Waals surface area (Å²) in [5, 5.41) is 1.81. The van der Waals surface area contributed by atoms with E-state index in [9.17, 15) is 4.79 Å². The van der Waals surface area contributed by atoms with E-state index < -0.39 is 0 Å². The van der Waals surface area contributed by atoms with E-state index in [4.69, 9.17) is 11.6 Å². The van der Waals surface area contributed by atoms with Crippen LogP contribution in [0.2, 0.25) is 0 Å². The fraction of sp³-hybridized carbons (Fsp3) is 0.636. The molecule has 0 radical (unpaired) electrons. The van der Waals surface area contributed by atoms with Gasteiger partial charge in [0.2, 0.25) is 0 Å². The molecule has 0 aliphatic carbocycles. The minimum Gasteiger partial charge on any atom is -0.337 e. The normalized spacial score (nSPS) is 21.1. The molecule has 1 unspecified atom stereocenters. The Morgan fingerprint density at radius 3 is 3.25 bits per heavy atom. The minimum atomic E-state index is 0.0699. The number of hydrogen-bond acceptors (Lipinski definition) is 3. The van der Waals surface area contributed by atoms with Gasteiger partial charge in [-0.15, -0.1) is 22.9 Å². The molecular formula is C11H15ClN2OS. The number of alkyl halides is 1. The van der Waals surface area contributed by atoms with Gasteiger partial charge in [0.25, 0.3) is 5.91 Å². The van der Waals surface area contributed by atoms with E-state index in [0.29, 0.717) is 17.5 Å². The maximum absolute atomic E-state index is 12.0. The van der Waals surface area contributed by atoms with E-state index in [0.717, 1.165) is 25.9 Å². The van der Waals surface area contributed by atoms with Crippen LogP contribution < -0.4 is 0 Å². The molecule has 0 N–H and O–H groups in total. The summed E-state index contributed by atoms with van der Waals surface area (Å²) in [5.41, 5.74) is 2.28. The zero-order valence-electron chi connectivity index (χ0n) is 9.06. The molecule has 1 aliphatic rings. The lowest BCUT2D eigenvalue weighted by Gasteiger charge is -2.32. The molecule has 1 aliphatic heterocycles. The summed E-state index contributed by atoms with van der Waals surface area (Å²) in [6.07, 6.45) is 3.27. The maximum Gasteiger partial charge on any atom is 0.273 e. The summed E-state index contributed by atoms with van der Waals surface area (Å²) < 4.78 is 0. The van der Waals surface area contributed by atoms with Crippen molar-refractivity contribution < 1.29 is 4.79 Å². The summed E-state index contributed by atoms with van der Waals surface area (Å²) in [5.74, 6) is 1.32. The van der Waals surface area contributed by atoms with Crippen LogP contribution in [0.15, 0.2) is 10.9 Å². The standard InChI is InChI=1S/C11H15ClN2OS/c12-4-3-9-2-1-5-14(6-9)11(15)10-7-16-8-13-10/h7-9H,1-6H2. The first kappa shape index (κ1) is 11.9. The molecule has 1 amide bonds. The maximum atomic E-state index is 12.0. The third-order valence-electron chi connectivity index (χ3n) is 2.97. The van der Waals surface area contributed by atoms with Crippen molar-refractivity contribution in [2.24, 2.45) is 5.92 Å². The average Bonchev–Trinajstić information content (AvgIpc) is 2.82. The molecule has 0 bridgehead atoms. The van der Waals surface area contributed by atoms with E-state index in [1.54, 1.807) is 5.51 Å². The first-order valence-corrected chi connectivity index (χ1v) is 7.02. The SMILES string of the molecule is O=C(c1cscn1)N1CCCC(CCCl)C1. The summed E-state index contributed by atoms with van der Waals surface area (Å²) in [6.45, 7) is 1.69. The predicted molar refractivity (Wildman–Crippen MR) is 66.1 cm³/mol. The summed E-state index contributed by atoms with van der Waals surface area (Å²) in [6, 6.07) is 0. The largest absolute Gasteiger partial charge is 0.337 e. The minimum absolute atomic E-state index is 0.0699. The van der Waals surface area contributed by atoms with Gasteiger partial charge in [-0.25, -0.2) is 4.98 Å². The highest BCUT2D eigenvalue weighted by Crippen LogP contribution is 2.21. The Balaban J connectivity index is 1.96. The van der Waals surface area contributed by atoms with Crippen LogP contribution in [0, 0.1) is 5.92 Å². The first-order valence-electron chi connectivity index (χ1n) is 5.54. The monoisotopic (exact) mass is 258 g/mol. The molecule has 16 heavy (non-hydrogen) atoms. The van der Waals surface area contributed by atoms with Crippen LogP contribution in [0.25, 0.3) is 0 Å². The molecule has 0 spiro atoms. The lowest BCUT2D eigenvalue weighted by Crippen LogP contribution is -2.40. The molecule has 0 aromatic carbocycles. The zero-order valence-corrected chi connectivity index (χ0v) is 10.6. The van der Waals surface area contributed by atoms with Crippen LogP contribution in [0.5, 0.6) is 0 Å². The number of carbonyl (C=O) groups excluding carboxylic acids is 1. The Kier molecular flexibility index (Phi) is 4.18. The number of aromatic nitrogens is 1. The number of thiazole rings is 1. The second-order valence-electron chi connectivity index (χ2n) is 4.11. The van der Waals surface area contributed by atoms with Gasteiger partial charge in [0.15, 0.2) is 0 Å². The Labute approximate surface area is 104 Å². The molecule has 0 saturated carbocycles. The number of nitrogens with zero attached hydrogens (tertiary/aromatic N) is 2. The number of hydrogen-bond donors (Lipinski definition) is 0. The smallest absolute Gasteiger partial charge is 0.273 e. The van der Waals surface area contributed by atoms with Gasteiger partial charge in [-0.1, -0.05) is 0 Å². The average molecular weight is 259 g/mol. The van der Waals surface area contributed by atoms with Crippen LogP contribution >= 0.6 is 22.9 Å². The molecular weight excluding hydrogens is 244 g/mol. The second kappa shape index (κ2) is 5.64. The predicted octanol–water partition coefficient (Wildman–Crippen LogP) is 2.62. The highest BCUT2D eigenvalue weighted by atomic mass is 35.5. The van der Waals surface area contributed by atoms with Gasteiger partial charge in [0.05, 0.1) is 5.51 Å². The molecule has 1 atom stereocenters. The number of likely N-dealkylation sites (tertiary alicyclic amines) is 1. The summed E-state index contributed by atoms with van der Waals surface area (Å²) in [7, 11) is 0. The van der Waals surface area contributed by atoms with E-state index >= 15 is 0 Å². The van der Waals surface area contributed by atoms with Crippen molar-refractivity contribution >= 4 is 28.8 Å². The van der Waals surface area contributed by atoms with E-state index in [-0.39, 0.29) is 5.91 Å². The van der Waals surface area contributed by atoms with Crippen LogP contribution in [-0.2, 0) is 0 Å². The van der Waals surface area contributed by atoms with E-state index in [1.165, 1.54) is 17.8 Å². The lowest BCUT2D eigenvalue weighted by atomic mass is 9.95. The molecule has 1 saturated heterocycles. The fourth-order valence-corrected chi connectivity index (χ4v) is 2.95. The number of halogens is 1. The molecule has 1 aromatic rings. The van der Waals surface area contributed by atoms with Gasteiger partial charge >= 0.3 is 0 Å². The zero-order chi connectivity index (χ0) is 11.4. The molecule has 3 nitrogen and oxygen atoms in total. The van der Waals surface area contributed by atoms with Gasteiger partial charge in [-0.05, 0) is 25.2 Å². The Morgan fingerprint density at radius 1 is 1.69 bits per heavy atom. The van der Waals surface area contributed by atoms with Crippen molar-refractivity contribution in [3.63, 3.8) is 0 Å². The molecule has 1 fully saturated rings. The quantitative estimate of drug-likeness (QED) is 0.781. The third kappa shape index (κ3) is 2.74. The fourth-order valence-electron chi connectivity index (χ4n) is 2.12. The highest BCUT2D eigenvalue weighted by Gasteiger charge is 2.24. The summed E-state index contributed by atoms with van der Waals surface area (Å²) >= 11 is 7.21. The van der Waals surface area contributed by atoms with Crippen molar-refractivity contribution in [3.05, 3.63) is 16.6 Å². The van der Waals surface area contributed by atoms with Crippen molar-refractivity contribution in [2.75, 3.05) is 19.0 Å². The Bertz CT molecular complexity index is 340. The van der Waals surface area contributed by atoms with Crippen molar-refractivity contribution in [1.29, 1.82) is 0 Å². The van der Waals surface area contributed by atoms with Crippen LogP contribution in [-0.4, -0.2) is 34.8 Å². The topological polar surface area (TPSA) is 33.2 Å². The lowest BCUT2D eigenvalue weighted by molar-refractivity contribution is 0.0666. The van der Waals surface area contributed by atoms with E-state index in [1.807, 2.05) is 10.3 Å². The van der Waals surface area contributed by atoms with Crippen molar-refractivity contribution in [1.82, 2.24) is 9.88 Å². The molecule has 1 aromatic heterocycles. The summed E-state index contributed by atoms with van der Waals surface area (Å²) in [4.78, 5) is 18.0. The van der Waals surface area contributed by atoms with Crippen molar-refractivity contribution in [3.8, 4) is 0 Å². The van der Waals surface area contributed by atoms with E-state index in [2.05, 4.69) is 4.98 Å². The molecule has 2 rings (SSSR count). The Hall–Kier alpha value is -0.610. The van der Waals surface area contributed by atoms with Crippen LogP contribution in [0.4, 0.5) is 0 Å². The molecule has 88 valence electrons. The third-order valence-corrected chi connectivity index (χ3v) is 3.78. The number of rotatable bonds is 3. The van der Waals surface area contributed by atoms with Gasteiger partial charge in [-0.3, -0.25) is 4.79 Å². The Morgan fingerprint density at radius 2 is 2.56 bits per heavy atom. The van der Waals surface area contributed by atoms with Gasteiger partial charge in [0, 0.05) is 24.3 Å². The van der Waals surface area contributed by atoms with Gasteiger partial charge in [0.1, 0.15) is 5.69 Å². The number of amides is 1. The molecule has 5 heteroatoms. The first-order chi connectivity index (χ1) is 7.81. The number of piperidine rings is 1. The van der Waals surface area contributed by atoms with Gasteiger partial charge < -0.3 is 4.90 Å². The number of carbonyl (C=O) groups is 1. The molecule has 2 heterocycles. The van der Waals surface area contributed by atoms with Crippen LogP contribution in [0.1, 0.15) is 29.8 Å². The highest BCUT2D eigenvalue weighted by molar-refractivity contribution is 7.07. The van der Waals surface area contributed by atoms with Gasteiger partial charge in [-0.2, -0.15) is 0 Å². The second-order valence-corrected chi connectivity index (χ2v) is 5.21. The van der Waals surface area contributed by atoms with Crippen LogP contribution in [0.3, 0.4) is 0 Å². The van der Waals surface area contributed by atoms with Crippen molar-refractivity contribution in [2.45, 2.75) is 19.3 Å².